The number of hydrogen-bond acceptors (Lipinski definition) is 4. The highest BCUT2D eigenvalue weighted by Gasteiger charge is 2.31. The Morgan fingerprint density at radius 2 is 1.71 bits per heavy atom. The third-order valence-electron chi connectivity index (χ3n) is 4.32. The molecule has 0 bridgehead atoms. The Bertz CT molecular complexity index is 800. The van der Waals surface area contributed by atoms with Crippen LogP contribution in [0.15, 0.2) is 40.6 Å². The van der Waals surface area contributed by atoms with Crippen molar-refractivity contribution in [3.05, 3.63) is 52.1 Å². The zero-order valence-corrected chi connectivity index (χ0v) is 15.5. The zero-order valence-electron chi connectivity index (χ0n) is 13.2. The van der Waals surface area contributed by atoms with E-state index >= 15 is 0 Å². The fraction of sp³-hybridized carbons (Fsp3) is 0.375. The summed E-state index contributed by atoms with van der Waals surface area (Å²) in [7, 11) is -3.47. The fourth-order valence-electron chi connectivity index (χ4n) is 2.85. The van der Waals surface area contributed by atoms with Crippen molar-refractivity contribution < 1.29 is 12.8 Å². The van der Waals surface area contributed by atoms with Crippen molar-refractivity contribution in [3.8, 4) is 0 Å². The molecule has 0 radical (unpaired) electrons. The first kappa shape index (κ1) is 17.8. The lowest BCUT2D eigenvalue weighted by molar-refractivity contribution is 0.146. The molecule has 0 saturated carbocycles. The zero-order chi connectivity index (χ0) is 17.3. The molecule has 0 N–H and O–H groups in total. The lowest BCUT2D eigenvalue weighted by atomic mass is 10.1. The standard InChI is InChI=1S/C16H18ClFN2O2S2/c1-12(13-2-4-14(18)5-3-13)19-8-10-20(11-9-19)24(21,22)16-7-6-15(17)23-16/h2-7,12H,8-11H2,1H3/t12-/m1/s1. The number of hydrogen-bond donors (Lipinski definition) is 0. The van der Waals surface area contributed by atoms with Gasteiger partial charge in [-0.25, -0.2) is 12.8 Å². The van der Waals surface area contributed by atoms with Gasteiger partial charge in [0.2, 0.25) is 0 Å². The van der Waals surface area contributed by atoms with Crippen molar-refractivity contribution in [1.82, 2.24) is 9.21 Å². The Labute approximate surface area is 150 Å². The topological polar surface area (TPSA) is 40.6 Å². The molecule has 1 fully saturated rings. The molecule has 2 heterocycles. The summed E-state index contributed by atoms with van der Waals surface area (Å²) < 4.78 is 40.5. The lowest BCUT2D eigenvalue weighted by Crippen LogP contribution is -2.49. The Balaban J connectivity index is 1.66. The predicted molar refractivity (Wildman–Crippen MR) is 94.5 cm³/mol. The van der Waals surface area contributed by atoms with Crippen LogP contribution in [0, 0.1) is 5.82 Å². The summed E-state index contributed by atoms with van der Waals surface area (Å²) in [6, 6.07) is 9.72. The van der Waals surface area contributed by atoms with Gasteiger partial charge in [0.15, 0.2) is 0 Å². The average molecular weight is 389 g/mol. The van der Waals surface area contributed by atoms with Crippen molar-refractivity contribution in [2.45, 2.75) is 17.2 Å². The third-order valence-corrected chi connectivity index (χ3v) is 7.91. The number of piperazine rings is 1. The van der Waals surface area contributed by atoms with Crippen LogP contribution < -0.4 is 0 Å². The molecule has 0 amide bonds. The summed E-state index contributed by atoms with van der Waals surface area (Å²) in [6.07, 6.45) is 0. The first-order valence-corrected chi connectivity index (χ1v) is 10.3. The largest absolute Gasteiger partial charge is 0.294 e. The minimum absolute atomic E-state index is 0.117. The maximum absolute atomic E-state index is 13.0. The lowest BCUT2D eigenvalue weighted by Gasteiger charge is -2.37. The van der Waals surface area contributed by atoms with Crippen molar-refractivity contribution in [2.24, 2.45) is 0 Å². The van der Waals surface area contributed by atoms with Gasteiger partial charge in [-0.1, -0.05) is 23.7 Å². The van der Waals surface area contributed by atoms with E-state index in [4.69, 9.17) is 11.6 Å². The van der Waals surface area contributed by atoms with Gasteiger partial charge in [0, 0.05) is 32.2 Å². The number of benzene rings is 1. The Morgan fingerprint density at radius 3 is 2.25 bits per heavy atom. The van der Waals surface area contributed by atoms with Crippen LogP contribution in [0.4, 0.5) is 4.39 Å². The molecular formula is C16H18ClFN2O2S2. The smallest absolute Gasteiger partial charge is 0.252 e. The maximum Gasteiger partial charge on any atom is 0.252 e. The van der Waals surface area contributed by atoms with Crippen LogP contribution in [0.3, 0.4) is 0 Å². The van der Waals surface area contributed by atoms with E-state index < -0.39 is 10.0 Å². The summed E-state index contributed by atoms with van der Waals surface area (Å²) in [5, 5.41) is 0. The molecule has 0 spiro atoms. The van der Waals surface area contributed by atoms with E-state index in [2.05, 4.69) is 11.8 Å². The molecule has 1 aromatic heterocycles. The van der Waals surface area contributed by atoms with Gasteiger partial charge in [0.25, 0.3) is 10.0 Å². The van der Waals surface area contributed by atoms with Gasteiger partial charge in [-0.05, 0) is 36.8 Å². The van der Waals surface area contributed by atoms with E-state index in [0.717, 1.165) is 16.9 Å². The SMILES string of the molecule is C[C@H](c1ccc(F)cc1)N1CCN(S(=O)(=O)c2ccc(Cl)s2)CC1. The second kappa shape index (κ2) is 7.09. The quantitative estimate of drug-likeness (QED) is 0.803. The van der Waals surface area contributed by atoms with Crippen molar-refractivity contribution in [3.63, 3.8) is 0 Å². The van der Waals surface area contributed by atoms with Crippen LogP contribution in [0.2, 0.25) is 4.34 Å². The normalized spacial score (nSPS) is 18.6. The van der Waals surface area contributed by atoms with E-state index in [-0.39, 0.29) is 16.1 Å². The van der Waals surface area contributed by atoms with E-state index in [1.165, 1.54) is 16.4 Å². The molecule has 24 heavy (non-hydrogen) atoms. The average Bonchev–Trinajstić information content (AvgIpc) is 3.02. The van der Waals surface area contributed by atoms with Gasteiger partial charge in [-0.15, -0.1) is 11.3 Å². The predicted octanol–water partition coefficient (Wildman–Crippen LogP) is 3.61. The highest BCUT2D eigenvalue weighted by molar-refractivity contribution is 7.91. The maximum atomic E-state index is 13.0. The van der Waals surface area contributed by atoms with Crippen LogP contribution in [-0.2, 0) is 10.0 Å². The molecule has 130 valence electrons. The van der Waals surface area contributed by atoms with E-state index in [1.54, 1.807) is 24.3 Å². The number of nitrogens with zero attached hydrogens (tertiary/aromatic N) is 2. The van der Waals surface area contributed by atoms with E-state index in [0.29, 0.717) is 30.5 Å². The highest BCUT2D eigenvalue weighted by atomic mass is 35.5. The minimum atomic E-state index is -3.47. The highest BCUT2D eigenvalue weighted by Crippen LogP contribution is 2.29. The van der Waals surface area contributed by atoms with Crippen LogP contribution >= 0.6 is 22.9 Å². The fourth-order valence-corrected chi connectivity index (χ4v) is 5.91. The van der Waals surface area contributed by atoms with Crippen LogP contribution in [0.1, 0.15) is 18.5 Å². The van der Waals surface area contributed by atoms with Gasteiger partial charge in [0.05, 0.1) is 4.34 Å². The van der Waals surface area contributed by atoms with Crippen molar-refractivity contribution in [2.75, 3.05) is 26.2 Å². The Morgan fingerprint density at radius 1 is 1.08 bits per heavy atom. The summed E-state index contributed by atoms with van der Waals surface area (Å²) >= 11 is 6.93. The number of thiophene rings is 1. The monoisotopic (exact) mass is 388 g/mol. The van der Waals surface area contributed by atoms with Gasteiger partial charge in [-0.3, -0.25) is 4.90 Å². The molecule has 4 nitrogen and oxygen atoms in total. The second-order valence-corrected chi connectivity index (χ2v) is 9.61. The van der Waals surface area contributed by atoms with Gasteiger partial charge in [-0.2, -0.15) is 4.31 Å². The first-order chi connectivity index (χ1) is 11.4. The molecule has 1 aromatic carbocycles. The van der Waals surface area contributed by atoms with Gasteiger partial charge < -0.3 is 0 Å². The van der Waals surface area contributed by atoms with Crippen LogP contribution in [0.25, 0.3) is 0 Å². The van der Waals surface area contributed by atoms with E-state index in [1.807, 2.05) is 0 Å². The number of rotatable bonds is 4. The molecule has 8 heteroatoms. The number of halogens is 2. The van der Waals surface area contributed by atoms with Gasteiger partial charge >= 0.3 is 0 Å². The van der Waals surface area contributed by atoms with Crippen molar-refractivity contribution in [1.29, 1.82) is 0 Å². The molecule has 2 aromatic rings. The third kappa shape index (κ3) is 3.65. The molecular weight excluding hydrogens is 371 g/mol. The molecule has 3 rings (SSSR count). The summed E-state index contributed by atoms with van der Waals surface area (Å²) in [4.78, 5) is 2.21. The van der Waals surface area contributed by atoms with E-state index in [9.17, 15) is 12.8 Å². The molecule has 1 atom stereocenters. The molecule has 1 aliphatic heterocycles. The second-order valence-electron chi connectivity index (χ2n) is 5.73. The molecule has 1 saturated heterocycles. The van der Waals surface area contributed by atoms with Gasteiger partial charge in [0.1, 0.15) is 10.0 Å². The minimum Gasteiger partial charge on any atom is -0.294 e. The Kier molecular flexibility index (Phi) is 5.27. The Hall–Kier alpha value is -0.990. The summed E-state index contributed by atoms with van der Waals surface area (Å²) in [5.41, 5.74) is 1.03. The van der Waals surface area contributed by atoms with Crippen molar-refractivity contribution >= 4 is 33.0 Å². The van der Waals surface area contributed by atoms with Crippen LogP contribution in [0.5, 0.6) is 0 Å². The first-order valence-electron chi connectivity index (χ1n) is 7.63. The molecule has 0 unspecified atom stereocenters. The number of sulfonamides is 1. The van der Waals surface area contributed by atoms with Crippen LogP contribution in [-0.4, -0.2) is 43.8 Å². The summed E-state index contributed by atoms with van der Waals surface area (Å²) in [5.74, 6) is -0.253. The molecule has 0 aliphatic carbocycles. The molecule has 1 aliphatic rings. The summed E-state index contributed by atoms with van der Waals surface area (Å²) in [6.45, 7) is 4.19.